The van der Waals surface area contributed by atoms with Crippen LogP contribution in [0.1, 0.15) is 5.69 Å². The number of aromatic amines is 1. The molecule has 0 aliphatic rings. The van der Waals surface area contributed by atoms with Gasteiger partial charge in [0.1, 0.15) is 17.9 Å². The highest BCUT2D eigenvalue weighted by Crippen LogP contribution is 2.28. The van der Waals surface area contributed by atoms with Gasteiger partial charge in [0.25, 0.3) is 5.56 Å². The molecule has 0 radical (unpaired) electrons. The van der Waals surface area contributed by atoms with E-state index >= 15 is 0 Å². The van der Waals surface area contributed by atoms with Crippen molar-refractivity contribution in [2.24, 2.45) is 0 Å². The Hall–Kier alpha value is -2.70. The van der Waals surface area contributed by atoms with Gasteiger partial charge in [-0.3, -0.25) is 9.89 Å². The fraction of sp³-hybridized carbons (Fsp3) is 0.0588. The molecule has 0 unspecified atom stereocenters. The molecule has 0 atom stereocenters. The van der Waals surface area contributed by atoms with Crippen molar-refractivity contribution >= 4 is 34.3 Å². The summed E-state index contributed by atoms with van der Waals surface area (Å²) in [5.74, 6) is 0.474. The van der Waals surface area contributed by atoms with Gasteiger partial charge < -0.3 is 9.15 Å². The van der Waals surface area contributed by atoms with E-state index in [1.165, 1.54) is 10.7 Å². The lowest BCUT2D eigenvalue weighted by Gasteiger charge is -2.06. The van der Waals surface area contributed by atoms with Crippen LogP contribution in [0.15, 0.2) is 57.7 Å². The van der Waals surface area contributed by atoms with Gasteiger partial charge in [-0.25, -0.2) is 0 Å². The maximum Gasteiger partial charge on any atom is 0.325 e. The van der Waals surface area contributed by atoms with E-state index in [2.05, 4.69) is 10.1 Å². The number of aromatic nitrogens is 3. The van der Waals surface area contributed by atoms with E-state index in [0.717, 1.165) is 0 Å². The normalized spacial score (nSPS) is 11.1. The van der Waals surface area contributed by atoms with Gasteiger partial charge in [-0.05, 0) is 30.3 Å². The summed E-state index contributed by atoms with van der Waals surface area (Å²) in [4.78, 5) is 16.5. The van der Waals surface area contributed by atoms with E-state index in [0.29, 0.717) is 32.6 Å². The molecule has 126 valence electrons. The van der Waals surface area contributed by atoms with E-state index in [9.17, 15) is 4.79 Å². The summed E-state index contributed by atoms with van der Waals surface area (Å²) in [6, 6.07) is 13.8. The Kier molecular flexibility index (Phi) is 3.99. The molecule has 1 N–H and O–H groups in total. The second-order valence-electron chi connectivity index (χ2n) is 5.28. The second-order valence-corrected chi connectivity index (χ2v) is 6.13. The molecule has 0 aliphatic carbocycles. The number of halogens is 2. The molecule has 0 spiro atoms. The predicted molar refractivity (Wildman–Crippen MR) is 94.8 cm³/mol. The van der Waals surface area contributed by atoms with Gasteiger partial charge in [-0.1, -0.05) is 35.3 Å². The topological polar surface area (TPSA) is 73.1 Å². The monoisotopic (exact) mass is 375 g/mol. The van der Waals surface area contributed by atoms with Crippen molar-refractivity contribution in [1.29, 1.82) is 0 Å². The Morgan fingerprint density at radius 2 is 2.00 bits per heavy atom. The van der Waals surface area contributed by atoms with Gasteiger partial charge >= 0.3 is 6.01 Å². The summed E-state index contributed by atoms with van der Waals surface area (Å²) in [7, 11) is 0. The number of hydrogen-bond acceptors (Lipinski definition) is 4. The number of fused-ring (bicyclic) bond motifs is 1. The Labute approximate surface area is 151 Å². The fourth-order valence-electron chi connectivity index (χ4n) is 2.36. The zero-order valence-corrected chi connectivity index (χ0v) is 14.2. The lowest BCUT2D eigenvalue weighted by molar-refractivity contribution is 0.300. The van der Waals surface area contributed by atoms with Crippen LogP contribution in [0.25, 0.3) is 17.1 Å². The van der Waals surface area contributed by atoms with Crippen LogP contribution in [0.2, 0.25) is 10.0 Å². The van der Waals surface area contributed by atoms with Crippen molar-refractivity contribution < 1.29 is 9.15 Å². The number of nitrogens with zero attached hydrogens (tertiary/aromatic N) is 2. The van der Waals surface area contributed by atoms with Crippen LogP contribution in [0.4, 0.5) is 0 Å². The summed E-state index contributed by atoms with van der Waals surface area (Å²) in [6.07, 6.45) is 0. The summed E-state index contributed by atoms with van der Waals surface area (Å²) < 4.78 is 12.4. The minimum absolute atomic E-state index is 0.129. The van der Waals surface area contributed by atoms with Gasteiger partial charge in [0.2, 0.25) is 0 Å². The Bertz CT molecular complexity index is 1080. The van der Waals surface area contributed by atoms with Crippen LogP contribution in [0.3, 0.4) is 0 Å². The molecule has 0 aliphatic heterocycles. The van der Waals surface area contributed by atoms with Crippen LogP contribution in [-0.4, -0.2) is 14.8 Å². The minimum atomic E-state index is -0.299. The van der Waals surface area contributed by atoms with Gasteiger partial charge in [0.05, 0.1) is 10.7 Å². The summed E-state index contributed by atoms with van der Waals surface area (Å²) in [5.41, 5.74) is 1.53. The number of benzene rings is 2. The minimum Gasteiger partial charge on any atom is -0.486 e. The lowest BCUT2D eigenvalue weighted by Crippen LogP contribution is -2.13. The number of oxazole rings is 1. The number of H-pyrrole nitrogens is 1. The number of rotatable bonds is 4. The number of para-hydroxylation sites is 2. The van der Waals surface area contributed by atoms with Gasteiger partial charge in [0, 0.05) is 11.1 Å². The number of nitrogens with one attached hydrogen (secondary N) is 1. The summed E-state index contributed by atoms with van der Waals surface area (Å²) in [5, 5.41) is 3.83. The molecule has 2 aromatic carbocycles. The molecule has 0 saturated carbocycles. The van der Waals surface area contributed by atoms with Crippen molar-refractivity contribution in [3.05, 3.63) is 74.6 Å². The van der Waals surface area contributed by atoms with Gasteiger partial charge in [-0.15, -0.1) is 0 Å². The van der Waals surface area contributed by atoms with E-state index in [4.69, 9.17) is 32.4 Å². The third kappa shape index (κ3) is 3.14. The van der Waals surface area contributed by atoms with Crippen LogP contribution in [-0.2, 0) is 6.61 Å². The third-order valence-electron chi connectivity index (χ3n) is 3.52. The molecular formula is C17H11Cl2N3O3. The molecule has 0 bridgehead atoms. The Balaban J connectivity index is 1.58. The molecule has 0 fully saturated rings. The summed E-state index contributed by atoms with van der Waals surface area (Å²) >= 11 is 11.9. The molecule has 8 heteroatoms. The first kappa shape index (κ1) is 15.8. The van der Waals surface area contributed by atoms with Crippen molar-refractivity contribution in [3.8, 4) is 11.8 Å². The largest absolute Gasteiger partial charge is 0.486 e. The van der Waals surface area contributed by atoms with Crippen molar-refractivity contribution in [2.75, 3.05) is 0 Å². The molecular weight excluding hydrogens is 365 g/mol. The standard InChI is InChI=1S/C17H11Cl2N3O3/c18-10-5-6-14(12(19)7-10)24-9-11-8-16(23)22(21-11)17-20-13-3-1-2-4-15(13)25-17/h1-8,21H,9H2. The molecule has 6 nitrogen and oxygen atoms in total. The average Bonchev–Trinajstić information content (AvgIpc) is 3.17. The maximum absolute atomic E-state index is 12.2. The number of ether oxygens (including phenoxy) is 1. The quantitative estimate of drug-likeness (QED) is 0.580. The van der Waals surface area contributed by atoms with Crippen LogP contribution < -0.4 is 10.3 Å². The smallest absolute Gasteiger partial charge is 0.325 e. The highest BCUT2D eigenvalue weighted by molar-refractivity contribution is 6.35. The first-order chi connectivity index (χ1) is 12.1. The molecule has 4 aromatic rings. The van der Waals surface area contributed by atoms with E-state index in [1.54, 1.807) is 24.3 Å². The van der Waals surface area contributed by atoms with Gasteiger partial charge in [-0.2, -0.15) is 9.67 Å². The van der Waals surface area contributed by atoms with Crippen molar-refractivity contribution in [3.63, 3.8) is 0 Å². The zero-order chi connectivity index (χ0) is 17.4. The SMILES string of the molecule is O=c1cc(COc2ccc(Cl)cc2Cl)[nH]n1-c1nc2ccccc2o1. The predicted octanol–water partition coefficient (Wildman–Crippen LogP) is 4.19. The fourth-order valence-corrected chi connectivity index (χ4v) is 2.83. The molecule has 2 heterocycles. The highest BCUT2D eigenvalue weighted by atomic mass is 35.5. The maximum atomic E-state index is 12.2. The molecule has 0 saturated heterocycles. The lowest BCUT2D eigenvalue weighted by atomic mass is 10.3. The van der Waals surface area contributed by atoms with Crippen LogP contribution in [0, 0.1) is 0 Å². The Morgan fingerprint density at radius 3 is 2.80 bits per heavy atom. The van der Waals surface area contributed by atoms with Crippen molar-refractivity contribution in [1.82, 2.24) is 14.8 Å². The van der Waals surface area contributed by atoms with Crippen LogP contribution >= 0.6 is 23.2 Å². The highest BCUT2D eigenvalue weighted by Gasteiger charge is 2.12. The Morgan fingerprint density at radius 1 is 1.16 bits per heavy atom. The first-order valence-electron chi connectivity index (χ1n) is 7.35. The van der Waals surface area contributed by atoms with E-state index < -0.39 is 0 Å². The zero-order valence-electron chi connectivity index (χ0n) is 12.7. The van der Waals surface area contributed by atoms with Crippen molar-refractivity contribution in [2.45, 2.75) is 6.61 Å². The number of hydrogen-bond donors (Lipinski definition) is 1. The van der Waals surface area contributed by atoms with E-state index in [-0.39, 0.29) is 18.2 Å². The van der Waals surface area contributed by atoms with E-state index in [1.807, 2.05) is 18.2 Å². The second kappa shape index (κ2) is 6.31. The first-order valence-corrected chi connectivity index (χ1v) is 8.10. The van der Waals surface area contributed by atoms with Gasteiger partial charge in [0.15, 0.2) is 5.58 Å². The molecule has 4 rings (SSSR count). The third-order valence-corrected chi connectivity index (χ3v) is 4.05. The average molecular weight is 376 g/mol. The van der Waals surface area contributed by atoms with Crippen LogP contribution in [0.5, 0.6) is 5.75 Å². The summed E-state index contributed by atoms with van der Waals surface area (Å²) in [6.45, 7) is 0.129. The molecule has 2 aromatic heterocycles. The molecule has 0 amide bonds. The molecule has 25 heavy (non-hydrogen) atoms.